The van der Waals surface area contributed by atoms with Crippen molar-refractivity contribution in [2.45, 2.75) is 46.0 Å². The summed E-state index contributed by atoms with van der Waals surface area (Å²) in [4.78, 5) is 38.4. The van der Waals surface area contributed by atoms with Crippen molar-refractivity contribution in [1.82, 2.24) is 24.8 Å². The molecule has 1 aliphatic heterocycles. The fourth-order valence-corrected chi connectivity index (χ4v) is 5.51. The lowest BCUT2D eigenvalue weighted by molar-refractivity contribution is -0.122. The molecule has 2 N–H and O–H groups in total. The van der Waals surface area contributed by atoms with E-state index in [0.29, 0.717) is 22.7 Å². The number of carbonyl (C=O) groups is 1. The number of carbonyl (C=O) groups excluding carboxylic acids is 1. The molecule has 222 valence electrons. The van der Waals surface area contributed by atoms with E-state index in [1.807, 2.05) is 18.2 Å². The van der Waals surface area contributed by atoms with Crippen LogP contribution < -0.4 is 25.8 Å². The number of aryl methyl sites for hydroxylation is 1. The number of benzene rings is 1. The molecule has 1 fully saturated rings. The molecule has 2 aromatic heterocycles. The molecule has 0 saturated carbocycles. The maximum absolute atomic E-state index is 12.7. The summed E-state index contributed by atoms with van der Waals surface area (Å²) in [6.07, 6.45) is 7.74. The number of amides is 1. The van der Waals surface area contributed by atoms with Gasteiger partial charge in [0.25, 0.3) is 11.5 Å². The number of unbranched alkanes of at least 4 members (excludes halogenated alkanes) is 1. The van der Waals surface area contributed by atoms with Gasteiger partial charge in [-0.25, -0.2) is 4.98 Å². The molecule has 3 heterocycles. The van der Waals surface area contributed by atoms with Crippen molar-refractivity contribution in [3.63, 3.8) is 0 Å². The van der Waals surface area contributed by atoms with Crippen LogP contribution in [0.25, 0.3) is 10.9 Å². The SMILES string of the molecule is CCN(CC)CCCCC1CCCN(c2ncc(Cl)c(Nc3ccc4c(c3)cc(OCC(=O)NC)c(=O)n4C)n2)C1. The number of rotatable bonds is 13. The summed E-state index contributed by atoms with van der Waals surface area (Å²) in [5, 5.41) is 7.01. The molecular weight excluding hydrogens is 542 g/mol. The van der Waals surface area contributed by atoms with Gasteiger partial charge in [-0.15, -0.1) is 0 Å². The minimum absolute atomic E-state index is 0.107. The lowest BCUT2D eigenvalue weighted by atomic mass is 9.93. The van der Waals surface area contributed by atoms with Crippen LogP contribution in [0.5, 0.6) is 5.75 Å². The Bertz CT molecular complexity index is 1390. The highest BCUT2D eigenvalue weighted by molar-refractivity contribution is 6.32. The fraction of sp³-hybridized carbons (Fsp3) is 0.533. The molecular formula is C30H42ClN7O3. The van der Waals surface area contributed by atoms with Crippen molar-refractivity contribution in [2.75, 3.05) is 56.6 Å². The average molecular weight is 584 g/mol. The highest BCUT2D eigenvalue weighted by Gasteiger charge is 2.22. The lowest BCUT2D eigenvalue weighted by Gasteiger charge is -2.33. The summed E-state index contributed by atoms with van der Waals surface area (Å²) in [5.74, 6) is 1.64. The number of hydrogen-bond acceptors (Lipinski definition) is 8. The molecule has 0 radical (unpaired) electrons. The number of hydrogen-bond donors (Lipinski definition) is 2. The summed E-state index contributed by atoms with van der Waals surface area (Å²) in [6, 6.07) is 7.27. The van der Waals surface area contributed by atoms with Crippen LogP contribution in [-0.4, -0.2) is 71.7 Å². The third-order valence-corrected chi connectivity index (χ3v) is 8.13. The summed E-state index contributed by atoms with van der Waals surface area (Å²) in [6.45, 7) is 9.51. The second-order valence-electron chi connectivity index (χ2n) is 10.6. The number of nitrogens with zero attached hydrogens (tertiary/aromatic N) is 5. The van der Waals surface area contributed by atoms with E-state index < -0.39 is 0 Å². The number of halogens is 1. The minimum atomic E-state index is -0.313. The molecule has 1 saturated heterocycles. The van der Waals surface area contributed by atoms with Gasteiger partial charge in [-0.1, -0.05) is 31.9 Å². The number of fused-ring (bicyclic) bond motifs is 1. The Morgan fingerprint density at radius 3 is 2.78 bits per heavy atom. The van der Waals surface area contributed by atoms with E-state index in [-0.39, 0.29) is 23.8 Å². The topological polar surface area (TPSA) is 105 Å². The Kier molecular flexibility index (Phi) is 10.8. The molecule has 0 bridgehead atoms. The van der Waals surface area contributed by atoms with Crippen LogP contribution in [0.2, 0.25) is 5.02 Å². The Hall–Kier alpha value is -3.37. The summed E-state index contributed by atoms with van der Waals surface area (Å²) < 4.78 is 6.99. The number of aromatic nitrogens is 3. The van der Waals surface area contributed by atoms with Gasteiger partial charge in [0, 0.05) is 38.3 Å². The molecule has 0 aliphatic carbocycles. The number of anilines is 3. The number of pyridine rings is 1. The summed E-state index contributed by atoms with van der Waals surface area (Å²) in [7, 11) is 3.19. The quantitative estimate of drug-likeness (QED) is 0.282. The third kappa shape index (κ3) is 7.89. The van der Waals surface area contributed by atoms with Gasteiger partial charge in [0.2, 0.25) is 5.95 Å². The maximum atomic E-state index is 12.7. The first kappa shape index (κ1) is 30.6. The molecule has 41 heavy (non-hydrogen) atoms. The van der Waals surface area contributed by atoms with E-state index in [9.17, 15) is 9.59 Å². The molecule has 0 spiro atoms. The average Bonchev–Trinajstić information content (AvgIpc) is 2.99. The van der Waals surface area contributed by atoms with E-state index in [0.717, 1.165) is 49.2 Å². The first-order chi connectivity index (χ1) is 19.8. The largest absolute Gasteiger partial charge is 0.478 e. The Morgan fingerprint density at radius 2 is 2.02 bits per heavy atom. The van der Waals surface area contributed by atoms with Gasteiger partial charge in [-0.05, 0) is 75.5 Å². The van der Waals surface area contributed by atoms with E-state index >= 15 is 0 Å². The van der Waals surface area contributed by atoms with Crippen molar-refractivity contribution in [3.8, 4) is 5.75 Å². The smallest absolute Gasteiger partial charge is 0.293 e. The summed E-state index contributed by atoms with van der Waals surface area (Å²) in [5.41, 5.74) is 1.18. The van der Waals surface area contributed by atoms with E-state index in [1.165, 1.54) is 43.8 Å². The van der Waals surface area contributed by atoms with Gasteiger partial charge in [0.1, 0.15) is 5.02 Å². The Balaban J connectivity index is 1.45. The predicted octanol–water partition coefficient (Wildman–Crippen LogP) is 4.58. The number of nitrogens with one attached hydrogen (secondary N) is 2. The zero-order valence-corrected chi connectivity index (χ0v) is 25.3. The van der Waals surface area contributed by atoms with Crippen LogP contribution in [0.1, 0.15) is 46.0 Å². The fourth-order valence-electron chi connectivity index (χ4n) is 5.38. The standard InChI is InChI=1S/C30H42ClN7O3/c1-5-37(6-2)14-8-7-10-21-11-9-15-38(19-21)30-33-18-24(31)28(35-30)34-23-12-13-25-22(16-23)17-26(29(40)36(25)4)41-20-27(39)32-3/h12-13,16-18,21H,5-11,14-15,19-20H2,1-4H3,(H,32,39)(H,33,34,35). The van der Waals surface area contributed by atoms with E-state index in [2.05, 4.69) is 39.3 Å². The highest BCUT2D eigenvalue weighted by atomic mass is 35.5. The molecule has 1 aromatic carbocycles. The van der Waals surface area contributed by atoms with Crippen LogP contribution in [0.15, 0.2) is 35.3 Å². The molecule has 1 atom stereocenters. The number of ether oxygens (including phenoxy) is 1. The molecule has 1 aliphatic rings. The minimum Gasteiger partial charge on any atom is -0.478 e. The van der Waals surface area contributed by atoms with Gasteiger partial charge >= 0.3 is 0 Å². The number of likely N-dealkylation sites (N-methyl/N-ethyl adjacent to an activating group) is 1. The maximum Gasteiger partial charge on any atom is 0.293 e. The van der Waals surface area contributed by atoms with E-state index in [4.69, 9.17) is 21.3 Å². The van der Waals surface area contributed by atoms with Gasteiger partial charge in [-0.2, -0.15) is 4.98 Å². The van der Waals surface area contributed by atoms with Crippen molar-refractivity contribution in [1.29, 1.82) is 0 Å². The molecule has 11 heteroatoms. The highest BCUT2D eigenvalue weighted by Crippen LogP contribution is 2.30. The first-order valence-corrected chi connectivity index (χ1v) is 14.9. The number of piperidine rings is 1. The lowest BCUT2D eigenvalue weighted by Crippen LogP contribution is -2.36. The van der Waals surface area contributed by atoms with Crippen molar-refractivity contribution < 1.29 is 9.53 Å². The van der Waals surface area contributed by atoms with Crippen LogP contribution in [-0.2, 0) is 11.8 Å². The Morgan fingerprint density at radius 1 is 1.22 bits per heavy atom. The zero-order valence-electron chi connectivity index (χ0n) is 24.6. The first-order valence-electron chi connectivity index (χ1n) is 14.6. The van der Waals surface area contributed by atoms with Crippen molar-refractivity contribution in [3.05, 3.63) is 45.8 Å². The van der Waals surface area contributed by atoms with Crippen LogP contribution in [0, 0.1) is 5.92 Å². The van der Waals surface area contributed by atoms with Crippen molar-refractivity contribution in [2.24, 2.45) is 13.0 Å². The summed E-state index contributed by atoms with van der Waals surface area (Å²) >= 11 is 6.51. The monoisotopic (exact) mass is 583 g/mol. The van der Waals surface area contributed by atoms with E-state index in [1.54, 1.807) is 19.3 Å². The molecule has 10 nitrogen and oxygen atoms in total. The molecule has 4 rings (SSSR count). The van der Waals surface area contributed by atoms with Gasteiger partial charge in [-0.3, -0.25) is 9.59 Å². The molecule has 3 aromatic rings. The normalized spacial score (nSPS) is 15.4. The van der Waals surface area contributed by atoms with Gasteiger partial charge < -0.3 is 29.7 Å². The zero-order chi connectivity index (χ0) is 29.4. The second-order valence-corrected chi connectivity index (χ2v) is 11.0. The van der Waals surface area contributed by atoms with Crippen molar-refractivity contribution >= 4 is 45.9 Å². The van der Waals surface area contributed by atoms with Gasteiger partial charge in [0.05, 0.1) is 11.7 Å². The van der Waals surface area contributed by atoms with Gasteiger partial charge in [0.15, 0.2) is 18.2 Å². The predicted molar refractivity (Wildman–Crippen MR) is 166 cm³/mol. The third-order valence-electron chi connectivity index (χ3n) is 7.86. The molecule has 1 amide bonds. The Labute approximate surface area is 247 Å². The van der Waals surface area contributed by atoms with Crippen LogP contribution >= 0.6 is 11.6 Å². The molecule has 1 unspecified atom stereocenters. The second kappa shape index (κ2) is 14.5. The van der Waals surface area contributed by atoms with Crippen LogP contribution in [0.4, 0.5) is 17.5 Å². The van der Waals surface area contributed by atoms with Crippen LogP contribution in [0.3, 0.4) is 0 Å².